The number of amides is 1. The van der Waals surface area contributed by atoms with Gasteiger partial charge in [0, 0.05) is 26.4 Å². The predicted molar refractivity (Wildman–Crippen MR) is 104 cm³/mol. The number of hydrogen-bond acceptors (Lipinski definition) is 2. The number of rotatable bonds is 12. The van der Waals surface area contributed by atoms with Crippen LogP contribution in [0, 0.1) is 18.3 Å². The van der Waals surface area contributed by atoms with E-state index in [0.29, 0.717) is 12.8 Å². The zero-order valence-corrected chi connectivity index (χ0v) is 15.6. The Morgan fingerprint density at radius 2 is 2.12 bits per heavy atom. The largest absolute Gasteiger partial charge is 0.405 e. The molecular weight excluding hydrogens is 296 g/mol. The monoisotopic (exact) mass is 330 g/mol. The Bertz CT molecular complexity index is 469. The molecular formula is C21H34N2O. The second-order valence-electron chi connectivity index (χ2n) is 6.17. The number of carbonyl (C=O) groups is 1. The highest BCUT2D eigenvalue weighted by Gasteiger charge is 2.16. The van der Waals surface area contributed by atoms with Crippen LogP contribution in [0.1, 0.15) is 58.8 Å². The Morgan fingerprint density at radius 3 is 2.71 bits per heavy atom. The number of carbonyl (C=O) groups excluding carboxylic acids is 1. The molecule has 1 unspecified atom stereocenters. The highest BCUT2D eigenvalue weighted by molar-refractivity contribution is 5.76. The fourth-order valence-corrected chi connectivity index (χ4v) is 2.56. The van der Waals surface area contributed by atoms with Gasteiger partial charge in [-0.15, -0.1) is 12.3 Å². The Kier molecular flexibility index (Phi) is 13.4. The quantitative estimate of drug-likeness (QED) is 0.327. The van der Waals surface area contributed by atoms with E-state index in [1.165, 1.54) is 18.2 Å². The van der Waals surface area contributed by atoms with Crippen molar-refractivity contribution in [3.63, 3.8) is 0 Å². The molecule has 0 aromatic rings. The van der Waals surface area contributed by atoms with Crippen LogP contribution in [-0.4, -0.2) is 24.4 Å². The first-order valence-electron chi connectivity index (χ1n) is 8.96. The minimum atomic E-state index is 0.199. The van der Waals surface area contributed by atoms with Gasteiger partial charge in [0.2, 0.25) is 5.91 Å². The van der Waals surface area contributed by atoms with Crippen LogP contribution in [0.2, 0.25) is 0 Å². The van der Waals surface area contributed by atoms with Gasteiger partial charge in [0.15, 0.2) is 0 Å². The Labute approximate surface area is 148 Å². The van der Waals surface area contributed by atoms with Crippen molar-refractivity contribution in [3.8, 4) is 12.3 Å². The summed E-state index contributed by atoms with van der Waals surface area (Å²) < 4.78 is 0. The third-order valence-corrected chi connectivity index (χ3v) is 4.04. The molecule has 0 aliphatic heterocycles. The molecule has 0 aliphatic carbocycles. The minimum absolute atomic E-state index is 0.199. The predicted octanol–water partition coefficient (Wildman–Crippen LogP) is 4.42. The molecule has 0 rings (SSSR count). The zero-order valence-electron chi connectivity index (χ0n) is 15.6. The maximum atomic E-state index is 12.4. The standard InChI is InChI=1S/C21H34N2O/c1-5-8-9-17-23(4)21(24)18-20(12-7-3)15-14-19(11-6-2)13-10-16-22/h3,6,10-11,13,16,20H,5,8-9,12,14-15,17-18,22H2,1-2,4H3/b11-6-,16-10+,19-13+. The van der Waals surface area contributed by atoms with E-state index in [2.05, 4.69) is 18.9 Å². The number of nitrogens with two attached hydrogens (primary N) is 1. The highest BCUT2D eigenvalue weighted by atomic mass is 16.2. The van der Waals surface area contributed by atoms with E-state index >= 15 is 0 Å². The average Bonchev–Trinajstić information content (AvgIpc) is 2.57. The first-order chi connectivity index (χ1) is 11.6. The van der Waals surface area contributed by atoms with Crippen LogP contribution in [-0.2, 0) is 4.79 Å². The summed E-state index contributed by atoms with van der Waals surface area (Å²) in [5.74, 6) is 3.15. The van der Waals surface area contributed by atoms with E-state index in [0.717, 1.165) is 32.2 Å². The van der Waals surface area contributed by atoms with E-state index in [9.17, 15) is 4.79 Å². The lowest BCUT2D eigenvalue weighted by Gasteiger charge is -2.21. The fourth-order valence-electron chi connectivity index (χ4n) is 2.56. The molecule has 1 atom stereocenters. The van der Waals surface area contributed by atoms with Gasteiger partial charge >= 0.3 is 0 Å². The molecule has 2 N–H and O–H groups in total. The van der Waals surface area contributed by atoms with E-state index in [-0.39, 0.29) is 11.8 Å². The van der Waals surface area contributed by atoms with Gasteiger partial charge in [0.25, 0.3) is 0 Å². The minimum Gasteiger partial charge on any atom is -0.405 e. The van der Waals surface area contributed by atoms with Crippen LogP contribution < -0.4 is 5.73 Å². The summed E-state index contributed by atoms with van der Waals surface area (Å²) in [5, 5.41) is 0. The van der Waals surface area contributed by atoms with Gasteiger partial charge in [-0.25, -0.2) is 0 Å². The first-order valence-corrected chi connectivity index (χ1v) is 8.96. The molecule has 134 valence electrons. The molecule has 0 bridgehead atoms. The highest BCUT2D eigenvalue weighted by Crippen LogP contribution is 2.20. The van der Waals surface area contributed by atoms with Gasteiger partial charge in [-0.05, 0) is 50.0 Å². The second-order valence-corrected chi connectivity index (χ2v) is 6.17. The lowest BCUT2D eigenvalue weighted by molar-refractivity contribution is -0.131. The lowest BCUT2D eigenvalue weighted by Crippen LogP contribution is -2.29. The second kappa shape index (κ2) is 14.6. The maximum Gasteiger partial charge on any atom is 0.222 e. The molecule has 0 heterocycles. The topological polar surface area (TPSA) is 46.3 Å². The van der Waals surface area contributed by atoms with Gasteiger partial charge in [0.05, 0.1) is 0 Å². The number of allylic oxidation sites excluding steroid dienone is 5. The molecule has 0 radical (unpaired) electrons. The van der Waals surface area contributed by atoms with Crippen molar-refractivity contribution >= 4 is 5.91 Å². The summed E-state index contributed by atoms with van der Waals surface area (Å²) in [5.41, 5.74) is 6.60. The molecule has 24 heavy (non-hydrogen) atoms. The molecule has 1 amide bonds. The van der Waals surface area contributed by atoms with Crippen molar-refractivity contribution < 1.29 is 4.79 Å². The number of hydrogen-bond donors (Lipinski definition) is 1. The molecule has 0 aromatic carbocycles. The summed E-state index contributed by atoms with van der Waals surface area (Å²) in [6.45, 7) is 4.99. The molecule has 0 saturated carbocycles. The molecule has 0 spiro atoms. The third-order valence-electron chi connectivity index (χ3n) is 4.04. The smallest absolute Gasteiger partial charge is 0.222 e. The van der Waals surface area contributed by atoms with Gasteiger partial charge in [-0.1, -0.05) is 38.0 Å². The summed E-state index contributed by atoms with van der Waals surface area (Å²) in [6, 6.07) is 0. The van der Waals surface area contributed by atoms with Crippen LogP contribution in [0.3, 0.4) is 0 Å². The number of nitrogens with zero attached hydrogens (tertiary/aromatic N) is 1. The summed E-state index contributed by atoms with van der Waals surface area (Å²) in [4.78, 5) is 14.2. The summed E-state index contributed by atoms with van der Waals surface area (Å²) >= 11 is 0. The van der Waals surface area contributed by atoms with Gasteiger partial charge in [-0.2, -0.15) is 0 Å². The van der Waals surface area contributed by atoms with Crippen LogP contribution in [0.4, 0.5) is 0 Å². The van der Waals surface area contributed by atoms with Gasteiger partial charge < -0.3 is 10.6 Å². The Hall–Kier alpha value is -1.95. The van der Waals surface area contributed by atoms with Crippen LogP contribution in [0.5, 0.6) is 0 Å². The van der Waals surface area contributed by atoms with Crippen molar-refractivity contribution in [2.45, 2.75) is 58.8 Å². The number of terminal acetylenes is 1. The fraction of sp³-hybridized carbons (Fsp3) is 0.571. The molecule has 0 fully saturated rings. The normalized spacial score (nSPS) is 13.3. The van der Waals surface area contributed by atoms with Crippen molar-refractivity contribution in [2.24, 2.45) is 11.7 Å². The van der Waals surface area contributed by atoms with Gasteiger partial charge in [-0.3, -0.25) is 4.79 Å². The van der Waals surface area contributed by atoms with E-state index in [1.807, 2.05) is 37.1 Å². The number of unbranched alkanes of at least 4 members (excludes halogenated alkanes) is 2. The Balaban J connectivity index is 4.57. The summed E-state index contributed by atoms with van der Waals surface area (Å²) in [7, 11) is 1.89. The van der Waals surface area contributed by atoms with Crippen molar-refractivity contribution in [3.05, 3.63) is 36.1 Å². The third kappa shape index (κ3) is 10.7. The SMILES string of the molecule is C#CCC(CCC(/C=C\C)=C/C=C/N)CC(=O)N(C)CCCCC. The molecule has 0 aliphatic rings. The molecule has 0 saturated heterocycles. The van der Waals surface area contributed by atoms with Crippen LogP contribution in [0.15, 0.2) is 36.1 Å². The molecule has 3 nitrogen and oxygen atoms in total. The van der Waals surface area contributed by atoms with Crippen LogP contribution >= 0.6 is 0 Å². The van der Waals surface area contributed by atoms with Crippen molar-refractivity contribution in [1.82, 2.24) is 4.90 Å². The zero-order chi connectivity index (χ0) is 18.2. The average molecular weight is 331 g/mol. The maximum absolute atomic E-state index is 12.4. The van der Waals surface area contributed by atoms with Crippen LogP contribution in [0.25, 0.3) is 0 Å². The molecule has 0 aromatic heterocycles. The van der Waals surface area contributed by atoms with Gasteiger partial charge in [0.1, 0.15) is 0 Å². The van der Waals surface area contributed by atoms with Crippen molar-refractivity contribution in [2.75, 3.05) is 13.6 Å². The Morgan fingerprint density at radius 1 is 1.38 bits per heavy atom. The summed E-state index contributed by atoms with van der Waals surface area (Å²) in [6.07, 6.45) is 21.3. The molecule has 3 heteroatoms. The van der Waals surface area contributed by atoms with E-state index < -0.39 is 0 Å². The van der Waals surface area contributed by atoms with E-state index in [4.69, 9.17) is 12.2 Å². The van der Waals surface area contributed by atoms with E-state index in [1.54, 1.807) is 0 Å². The lowest BCUT2D eigenvalue weighted by atomic mass is 9.92. The van der Waals surface area contributed by atoms with Crippen molar-refractivity contribution in [1.29, 1.82) is 0 Å². The first kappa shape index (κ1) is 22.1.